The summed E-state index contributed by atoms with van der Waals surface area (Å²) >= 11 is 1.14. The lowest BCUT2D eigenvalue weighted by molar-refractivity contribution is -0.141. The lowest BCUT2D eigenvalue weighted by Crippen LogP contribution is -2.29. The minimum atomic E-state index is -0.543. The fourth-order valence-corrected chi connectivity index (χ4v) is 3.03. The van der Waals surface area contributed by atoms with Crippen LogP contribution in [0.3, 0.4) is 0 Å². The highest BCUT2D eigenvalue weighted by atomic mass is 32.2. The molecule has 1 aromatic carbocycles. The lowest BCUT2D eigenvalue weighted by Gasteiger charge is -2.12. The number of hydrogen-bond donors (Lipinski definition) is 1. The van der Waals surface area contributed by atoms with E-state index in [4.69, 9.17) is 0 Å². The zero-order chi connectivity index (χ0) is 17.1. The summed E-state index contributed by atoms with van der Waals surface area (Å²) in [6.07, 6.45) is 2.02. The summed E-state index contributed by atoms with van der Waals surface area (Å²) in [4.78, 5) is 40.5. The minimum Gasteiger partial charge on any atom is -0.468 e. The molecule has 0 spiro atoms. The van der Waals surface area contributed by atoms with Gasteiger partial charge in [0.25, 0.3) is 5.56 Å². The molecule has 1 fully saturated rings. The van der Waals surface area contributed by atoms with Crippen LogP contribution in [0.2, 0.25) is 0 Å². The number of carbonyl (C=O) groups is 2. The maximum Gasteiger partial charge on any atom is 0.325 e. The van der Waals surface area contributed by atoms with Crippen molar-refractivity contribution in [1.29, 1.82) is 0 Å². The highest BCUT2D eigenvalue weighted by Gasteiger charge is 2.23. The van der Waals surface area contributed by atoms with E-state index in [0.717, 1.165) is 24.6 Å². The molecule has 3 rings (SSSR count). The number of nitrogens with one attached hydrogen (secondary N) is 1. The molecule has 1 N–H and O–H groups in total. The maximum absolute atomic E-state index is 12.6. The van der Waals surface area contributed by atoms with E-state index in [0.29, 0.717) is 16.1 Å². The number of rotatable bonds is 6. The molecule has 0 bridgehead atoms. The Labute approximate surface area is 142 Å². The van der Waals surface area contributed by atoms with Gasteiger partial charge in [0.15, 0.2) is 5.16 Å². The van der Waals surface area contributed by atoms with E-state index in [1.165, 1.54) is 11.7 Å². The number of aromatic nitrogens is 2. The molecule has 0 unspecified atom stereocenters. The molecule has 0 atom stereocenters. The average molecular weight is 347 g/mol. The molecule has 0 aliphatic heterocycles. The monoisotopic (exact) mass is 347 g/mol. The van der Waals surface area contributed by atoms with Gasteiger partial charge < -0.3 is 10.1 Å². The van der Waals surface area contributed by atoms with E-state index in [9.17, 15) is 14.4 Å². The Morgan fingerprint density at radius 3 is 2.83 bits per heavy atom. The van der Waals surface area contributed by atoms with Crippen LogP contribution in [0.5, 0.6) is 0 Å². The van der Waals surface area contributed by atoms with Gasteiger partial charge in [0.05, 0.1) is 23.8 Å². The number of methoxy groups -OCH3 is 1. The van der Waals surface area contributed by atoms with Crippen LogP contribution in [-0.4, -0.2) is 40.3 Å². The van der Waals surface area contributed by atoms with E-state index in [-0.39, 0.29) is 29.8 Å². The van der Waals surface area contributed by atoms with Crippen LogP contribution in [0.4, 0.5) is 0 Å². The normalized spacial score (nSPS) is 13.7. The molecule has 1 saturated carbocycles. The summed E-state index contributed by atoms with van der Waals surface area (Å²) in [5, 5.41) is 3.63. The number of thioether (sulfide) groups is 1. The van der Waals surface area contributed by atoms with Crippen molar-refractivity contribution in [1.82, 2.24) is 14.9 Å². The number of esters is 1. The van der Waals surface area contributed by atoms with E-state index < -0.39 is 5.97 Å². The van der Waals surface area contributed by atoms with Crippen LogP contribution in [-0.2, 0) is 20.9 Å². The Kier molecular flexibility index (Phi) is 4.84. The van der Waals surface area contributed by atoms with E-state index in [1.807, 2.05) is 0 Å². The topological polar surface area (TPSA) is 90.3 Å². The minimum absolute atomic E-state index is 0.102. The number of carbonyl (C=O) groups excluding carboxylic acids is 2. The molecule has 1 heterocycles. The van der Waals surface area contributed by atoms with Crippen molar-refractivity contribution < 1.29 is 14.3 Å². The fraction of sp³-hybridized carbons (Fsp3) is 0.375. The van der Waals surface area contributed by atoms with Gasteiger partial charge in [-0.15, -0.1) is 0 Å². The Hall–Kier alpha value is -2.35. The fourth-order valence-electron chi connectivity index (χ4n) is 2.22. The van der Waals surface area contributed by atoms with Gasteiger partial charge in [-0.3, -0.25) is 19.0 Å². The lowest BCUT2D eigenvalue weighted by atomic mass is 10.2. The SMILES string of the molecule is COC(=O)Cn1c(SCC(=O)NC2CC2)nc2ccccc2c1=O. The van der Waals surface area contributed by atoms with Gasteiger partial charge in [0, 0.05) is 6.04 Å². The van der Waals surface area contributed by atoms with Crippen LogP contribution >= 0.6 is 11.8 Å². The van der Waals surface area contributed by atoms with Gasteiger partial charge in [-0.05, 0) is 25.0 Å². The van der Waals surface area contributed by atoms with Gasteiger partial charge in [0.1, 0.15) is 6.54 Å². The first-order chi connectivity index (χ1) is 11.6. The summed E-state index contributed by atoms with van der Waals surface area (Å²) < 4.78 is 5.90. The Bertz CT molecular complexity index is 845. The second kappa shape index (κ2) is 7.04. The maximum atomic E-state index is 12.6. The third-order valence-corrected chi connectivity index (χ3v) is 4.59. The van der Waals surface area contributed by atoms with Crippen LogP contribution in [0.15, 0.2) is 34.2 Å². The number of ether oxygens (including phenoxy) is 1. The summed E-state index contributed by atoms with van der Waals surface area (Å²) in [5.74, 6) is -0.504. The molecular weight excluding hydrogens is 330 g/mol. The third-order valence-electron chi connectivity index (χ3n) is 3.62. The predicted octanol–water partition coefficient (Wildman–Crippen LogP) is 0.940. The van der Waals surface area contributed by atoms with Gasteiger partial charge in [-0.1, -0.05) is 23.9 Å². The van der Waals surface area contributed by atoms with E-state index >= 15 is 0 Å². The summed E-state index contributed by atoms with van der Waals surface area (Å²) in [5.41, 5.74) is 0.213. The zero-order valence-electron chi connectivity index (χ0n) is 13.2. The largest absolute Gasteiger partial charge is 0.468 e. The molecule has 126 valence electrons. The Morgan fingerprint density at radius 1 is 1.38 bits per heavy atom. The molecule has 7 nitrogen and oxygen atoms in total. The molecule has 1 amide bonds. The Morgan fingerprint density at radius 2 is 2.12 bits per heavy atom. The van der Waals surface area contributed by atoms with Gasteiger partial charge in [0.2, 0.25) is 5.91 Å². The number of hydrogen-bond acceptors (Lipinski definition) is 6. The highest BCUT2D eigenvalue weighted by Crippen LogP contribution is 2.21. The van der Waals surface area contributed by atoms with Crippen molar-refractivity contribution in [3.63, 3.8) is 0 Å². The molecule has 1 aliphatic rings. The summed E-state index contributed by atoms with van der Waals surface area (Å²) in [6, 6.07) is 7.19. The van der Waals surface area contributed by atoms with Gasteiger partial charge >= 0.3 is 5.97 Å². The first-order valence-corrected chi connectivity index (χ1v) is 8.55. The molecule has 0 saturated heterocycles. The van der Waals surface area contributed by atoms with E-state index in [2.05, 4.69) is 15.0 Å². The summed E-state index contributed by atoms with van der Waals surface area (Å²) in [6.45, 7) is -0.236. The number of para-hydroxylation sites is 1. The average Bonchev–Trinajstić information content (AvgIpc) is 3.39. The predicted molar refractivity (Wildman–Crippen MR) is 89.9 cm³/mol. The van der Waals surface area contributed by atoms with Gasteiger partial charge in [-0.25, -0.2) is 4.98 Å². The van der Waals surface area contributed by atoms with Crippen molar-refractivity contribution in [3.05, 3.63) is 34.6 Å². The first-order valence-electron chi connectivity index (χ1n) is 7.57. The van der Waals surface area contributed by atoms with Crippen LogP contribution < -0.4 is 10.9 Å². The number of amides is 1. The molecule has 0 radical (unpaired) electrons. The molecule has 24 heavy (non-hydrogen) atoms. The van der Waals surface area contributed by atoms with Gasteiger partial charge in [-0.2, -0.15) is 0 Å². The quantitative estimate of drug-likeness (QED) is 0.475. The van der Waals surface area contributed by atoms with Crippen molar-refractivity contribution in [2.45, 2.75) is 30.6 Å². The highest BCUT2D eigenvalue weighted by molar-refractivity contribution is 7.99. The summed E-state index contributed by atoms with van der Waals surface area (Å²) in [7, 11) is 1.26. The second-order valence-electron chi connectivity index (χ2n) is 5.51. The third kappa shape index (κ3) is 3.76. The molecule has 1 aliphatic carbocycles. The van der Waals surface area contributed by atoms with E-state index in [1.54, 1.807) is 24.3 Å². The van der Waals surface area contributed by atoms with Crippen LogP contribution in [0, 0.1) is 0 Å². The standard InChI is InChI=1S/C16H17N3O4S/c1-23-14(21)8-19-15(22)11-4-2-3-5-12(11)18-16(19)24-9-13(20)17-10-6-7-10/h2-5,10H,6-9H2,1H3,(H,17,20). The number of nitrogens with zero attached hydrogens (tertiary/aromatic N) is 2. The first kappa shape index (κ1) is 16.5. The molecular formula is C16H17N3O4S. The second-order valence-corrected chi connectivity index (χ2v) is 6.45. The Balaban J connectivity index is 1.90. The van der Waals surface area contributed by atoms with Crippen molar-refractivity contribution in [3.8, 4) is 0 Å². The smallest absolute Gasteiger partial charge is 0.325 e. The molecule has 2 aromatic rings. The van der Waals surface area contributed by atoms with Crippen molar-refractivity contribution in [2.24, 2.45) is 0 Å². The van der Waals surface area contributed by atoms with Crippen molar-refractivity contribution >= 4 is 34.5 Å². The zero-order valence-corrected chi connectivity index (χ0v) is 14.0. The molecule has 1 aromatic heterocycles. The number of fused-ring (bicyclic) bond motifs is 1. The van der Waals surface area contributed by atoms with Crippen LogP contribution in [0.1, 0.15) is 12.8 Å². The van der Waals surface area contributed by atoms with Crippen LogP contribution in [0.25, 0.3) is 10.9 Å². The number of benzene rings is 1. The molecule has 8 heteroatoms. The van der Waals surface area contributed by atoms with Crippen molar-refractivity contribution in [2.75, 3.05) is 12.9 Å².